The van der Waals surface area contributed by atoms with Crippen molar-refractivity contribution in [2.24, 2.45) is 0 Å². The molecule has 0 saturated carbocycles. The number of anilines is 3. The van der Waals surface area contributed by atoms with Gasteiger partial charge in [-0.25, -0.2) is 0 Å². The van der Waals surface area contributed by atoms with Crippen LogP contribution in [0.15, 0.2) is 59.5 Å². The van der Waals surface area contributed by atoms with Crippen LogP contribution in [0.3, 0.4) is 0 Å². The molecule has 5 rings (SSSR count). The van der Waals surface area contributed by atoms with Crippen molar-refractivity contribution in [1.29, 1.82) is 0 Å². The molecule has 1 saturated heterocycles. The summed E-state index contributed by atoms with van der Waals surface area (Å²) in [5.41, 5.74) is 4.74. The molecule has 0 bridgehead atoms. The number of nitrogens with zero attached hydrogens (tertiary/aromatic N) is 1. The van der Waals surface area contributed by atoms with Gasteiger partial charge >= 0.3 is 0 Å². The Morgan fingerprint density at radius 2 is 1.69 bits per heavy atom. The van der Waals surface area contributed by atoms with E-state index in [4.69, 9.17) is 4.74 Å². The first-order chi connectivity index (χ1) is 15.6. The monoisotopic (exact) mass is 430 g/mol. The van der Waals surface area contributed by atoms with Crippen molar-refractivity contribution >= 4 is 28.9 Å². The molecule has 0 atom stereocenters. The summed E-state index contributed by atoms with van der Waals surface area (Å²) in [5, 5.41) is 6.26. The zero-order valence-corrected chi connectivity index (χ0v) is 17.3. The average molecular weight is 430 g/mol. The molecule has 0 unspecified atom stereocenters. The van der Waals surface area contributed by atoms with E-state index < -0.39 is 0 Å². The van der Waals surface area contributed by atoms with E-state index in [9.17, 15) is 14.4 Å². The first kappa shape index (κ1) is 20.0. The summed E-state index contributed by atoms with van der Waals surface area (Å²) >= 11 is 0. The molecule has 2 aliphatic rings. The van der Waals surface area contributed by atoms with Crippen molar-refractivity contribution in [2.75, 3.05) is 36.9 Å². The normalized spacial score (nSPS) is 15.1. The highest BCUT2D eigenvalue weighted by Gasteiger charge is 2.21. The lowest BCUT2D eigenvalue weighted by atomic mass is 10.0. The second kappa shape index (κ2) is 8.32. The fourth-order valence-corrected chi connectivity index (χ4v) is 4.00. The third kappa shape index (κ3) is 4.00. The van der Waals surface area contributed by atoms with Gasteiger partial charge in [0.15, 0.2) is 0 Å². The molecule has 32 heavy (non-hydrogen) atoms. The van der Waals surface area contributed by atoms with Crippen LogP contribution < -0.4 is 16.2 Å². The molecule has 3 heterocycles. The van der Waals surface area contributed by atoms with Gasteiger partial charge in [0, 0.05) is 25.4 Å². The number of nitrogens with one attached hydrogen (secondary N) is 3. The topological polar surface area (TPSA) is 104 Å². The van der Waals surface area contributed by atoms with E-state index in [1.54, 1.807) is 17.2 Å². The number of benzene rings is 2. The standard InChI is InChI=1S/C24H22N4O4/c29-22-14-17(5-6-25-22)16-2-3-18-20(13-16)26-19-4-1-15(11-21(19)27-24(18)31)12-23(30)28-7-9-32-10-8-28/h1-6,11,13-14,26H,7-10,12H2,(H,25,29)(H,27,31). The molecule has 8 heteroatoms. The number of hydrogen-bond acceptors (Lipinski definition) is 5. The number of carbonyl (C=O) groups excluding carboxylic acids is 2. The van der Waals surface area contributed by atoms with Crippen molar-refractivity contribution in [3.63, 3.8) is 0 Å². The highest BCUT2D eigenvalue weighted by atomic mass is 16.5. The second-order valence-electron chi connectivity index (χ2n) is 7.83. The van der Waals surface area contributed by atoms with E-state index in [2.05, 4.69) is 15.6 Å². The molecule has 2 aliphatic heterocycles. The maximum absolute atomic E-state index is 12.9. The van der Waals surface area contributed by atoms with Crippen molar-refractivity contribution in [2.45, 2.75) is 6.42 Å². The van der Waals surface area contributed by atoms with E-state index in [-0.39, 0.29) is 23.8 Å². The van der Waals surface area contributed by atoms with Crippen LogP contribution in [0, 0.1) is 0 Å². The number of fused-ring (bicyclic) bond motifs is 2. The zero-order valence-electron chi connectivity index (χ0n) is 17.3. The number of hydrogen-bond donors (Lipinski definition) is 3. The minimum Gasteiger partial charge on any atom is -0.378 e. The van der Waals surface area contributed by atoms with Crippen LogP contribution in [-0.4, -0.2) is 48.0 Å². The number of rotatable bonds is 3. The van der Waals surface area contributed by atoms with E-state index in [0.717, 1.165) is 22.4 Å². The van der Waals surface area contributed by atoms with Crippen LogP contribution in [0.5, 0.6) is 0 Å². The number of morpholine rings is 1. The molecule has 1 fully saturated rings. The summed E-state index contributed by atoms with van der Waals surface area (Å²) < 4.78 is 5.31. The summed E-state index contributed by atoms with van der Waals surface area (Å²) in [6, 6.07) is 14.3. The molecule has 2 amide bonds. The number of carbonyl (C=O) groups is 2. The SMILES string of the molecule is O=C1Nc2cc(CC(=O)N3CCOCC3)ccc2Nc2cc(-c3cc[nH]c(=O)c3)ccc21. The number of aromatic amines is 1. The summed E-state index contributed by atoms with van der Waals surface area (Å²) in [6.07, 6.45) is 1.86. The molecular formula is C24H22N4O4. The Bertz CT molecular complexity index is 1260. The molecule has 1 aromatic heterocycles. The third-order valence-corrected chi connectivity index (χ3v) is 5.69. The first-order valence-electron chi connectivity index (χ1n) is 10.5. The van der Waals surface area contributed by atoms with Gasteiger partial charge in [0.1, 0.15) is 0 Å². The van der Waals surface area contributed by atoms with Gasteiger partial charge < -0.3 is 25.3 Å². The molecule has 0 radical (unpaired) electrons. The van der Waals surface area contributed by atoms with Crippen molar-refractivity contribution in [1.82, 2.24) is 9.88 Å². The number of H-pyrrole nitrogens is 1. The van der Waals surface area contributed by atoms with E-state index in [0.29, 0.717) is 43.2 Å². The van der Waals surface area contributed by atoms with E-state index >= 15 is 0 Å². The van der Waals surface area contributed by atoms with Gasteiger partial charge in [-0.1, -0.05) is 12.1 Å². The van der Waals surface area contributed by atoms with Gasteiger partial charge in [0.05, 0.1) is 42.3 Å². The highest BCUT2D eigenvalue weighted by molar-refractivity contribution is 6.12. The third-order valence-electron chi connectivity index (χ3n) is 5.69. The Balaban J connectivity index is 1.41. The molecule has 3 N–H and O–H groups in total. The highest BCUT2D eigenvalue weighted by Crippen LogP contribution is 2.35. The van der Waals surface area contributed by atoms with E-state index in [1.165, 1.54) is 6.07 Å². The molecule has 2 aromatic carbocycles. The summed E-state index contributed by atoms with van der Waals surface area (Å²) in [5.74, 6) is -0.188. The van der Waals surface area contributed by atoms with Crippen molar-refractivity contribution < 1.29 is 14.3 Å². The summed E-state index contributed by atoms with van der Waals surface area (Å²) in [7, 11) is 0. The van der Waals surface area contributed by atoms with Gasteiger partial charge in [0.2, 0.25) is 11.5 Å². The Morgan fingerprint density at radius 1 is 0.875 bits per heavy atom. The Hall–Kier alpha value is -3.91. The van der Waals surface area contributed by atoms with Crippen LogP contribution in [0.1, 0.15) is 15.9 Å². The van der Waals surface area contributed by atoms with Crippen molar-refractivity contribution in [3.8, 4) is 11.1 Å². The fraction of sp³-hybridized carbons (Fsp3) is 0.208. The minimum atomic E-state index is -0.236. The smallest absolute Gasteiger partial charge is 0.257 e. The molecular weight excluding hydrogens is 408 g/mol. The molecule has 0 aliphatic carbocycles. The molecule has 3 aromatic rings. The summed E-state index contributed by atoms with van der Waals surface area (Å²) in [6.45, 7) is 2.33. The maximum Gasteiger partial charge on any atom is 0.257 e. The number of aromatic nitrogens is 1. The molecule has 8 nitrogen and oxygen atoms in total. The quantitative estimate of drug-likeness (QED) is 0.593. The van der Waals surface area contributed by atoms with E-state index in [1.807, 2.05) is 36.4 Å². The predicted molar refractivity (Wildman–Crippen MR) is 121 cm³/mol. The Labute approximate surface area is 184 Å². The Morgan fingerprint density at radius 3 is 2.50 bits per heavy atom. The van der Waals surface area contributed by atoms with Crippen LogP contribution in [0.25, 0.3) is 11.1 Å². The predicted octanol–water partition coefficient (Wildman–Crippen LogP) is 2.75. The average Bonchev–Trinajstić information content (AvgIpc) is 2.94. The van der Waals surface area contributed by atoms with Gasteiger partial charge in [-0.3, -0.25) is 14.4 Å². The minimum absolute atomic E-state index is 0.0481. The van der Waals surface area contributed by atoms with Gasteiger partial charge in [-0.15, -0.1) is 0 Å². The number of amides is 2. The van der Waals surface area contributed by atoms with Crippen LogP contribution in [-0.2, 0) is 16.0 Å². The van der Waals surface area contributed by atoms with Crippen LogP contribution in [0.4, 0.5) is 17.1 Å². The number of ether oxygens (including phenoxy) is 1. The largest absolute Gasteiger partial charge is 0.378 e. The lowest BCUT2D eigenvalue weighted by molar-refractivity contribution is -0.134. The van der Waals surface area contributed by atoms with Gasteiger partial charge in [0.25, 0.3) is 5.91 Å². The maximum atomic E-state index is 12.9. The number of pyridine rings is 1. The van der Waals surface area contributed by atoms with Crippen LogP contribution >= 0.6 is 0 Å². The van der Waals surface area contributed by atoms with Crippen LogP contribution in [0.2, 0.25) is 0 Å². The van der Waals surface area contributed by atoms with Gasteiger partial charge in [-0.2, -0.15) is 0 Å². The molecule has 162 valence electrons. The zero-order chi connectivity index (χ0) is 22.1. The lowest BCUT2D eigenvalue weighted by Crippen LogP contribution is -2.41. The van der Waals surface area contributed by atoms with Crippen molar-refractivity contribution in [3.05, 3.63) is 76.2 Å². The second-order valence-corrected chi connectivity index (χ2v) is 7.83. The molecule has 0 spiro atoms. The fourth-order valence-electron chi connectivity index (χ4n) is 4.00. The first-order valence-corrected chi connectivity index (χ1v) is 10.5. The van der Waals surface area contributed by atoms with Gasteiger partial charge in [-0.05, 0) is 47.0 Å². The lowest BCUT2D eigenvalue weighted by Gasteiger charge is -2.27. The Kier molecular flexibility index (Phi) is 5.20. The summed E-state index contributed by atoms with van der Waals surface area (Å²) in [4.78, 5) is 41.5.